The molecule has 5 rings (SSSR count). The van der Waals surface area contributed by atoms with E-state index in [1.165, 1.54) is 6.07 Å². The lowest BCUT2D eigenvalue weighted by molar-refractivity contribution is -0.133. The lowest BCUT2D eigenvalue weighted by Gasteiger charge is -2.37. The molecule has 2 aromatic carbocycles. The second-order valence-corrected chi connectivity index (χ2v) is 9.96. The Kier molecular flexibility index (Phi) is 8.03. The third-order valence-electron chi connectivity index (χ3n) is 7.53. The maximum absolute atomic E-state index is 14.2. The minimum Gasteiger partial charge on any atom is -0.367 e. The number of rotatable bonds is 7. The smallest absolute Gasteiger partial charge is 0.252 e. The minimum absolute atomic E-state index is 0.136. The summed E-state index contributed by atoms with van der Waals surface area (Å²) in [4.78, 5) is 41.6. The summed E-state index contributed by atoms with van der Waals surface area (Å²) in [7, 11) is 0. The van der Waals surface area contributed by atoms with Gasteiger partial charge in [0.1, 0.15) is 5.82 Å². The van der Waals surface area contributed by atoms with Crippen LogP contribution in [0.2, 0.25) is 0 Å². The number of nitrogens with one attached hydrogen (secondary N) is 1. The number of carbonyl (C=O) groups is 1. The van der Waals surface area contributed by atoms with E-state index in [9.17, 15) is 14.0 Å². The van der Waals surface area contributed by atoms with Crippen molar-refractivity contribution in [1.82, 2.24) is 19.8 Å². The highest BCUT2D eigenvalue weighted by atomic mass is 19.1. The van der Waals surface area contributed by atoms with E-state index >= 15 is 0 Å². The van der Waals surface area contributed by atoms with Crippen LogP contribution in [-0.4, -0.2) is 78.0 Å². The van der Waals surface area contributed by atoms with Gasteiger partial charge in [-0.1, -0.05) is 49.4 Å². The first-order valence-electron chi connectivity index (χ1n) is 13.4. The zero-order valence-electron chi connectivity index (χ0n) is 21.9. The molecule has 0 radical (unpaired) electrons. The molecule has 0 bridgehead atoms. The third kappa shape index (κ3) is 5.88. The van der Waals surface area contributed by atoms with E-state index in [1.54, 1.807) is 12.1 Å². The maximum atomic E-state index is 14.2. The number of anilines is 2. The lowest BCUT2D eigenvalue weighted by atomic mass is 9.95. The molecule has 1 atom stereocenters. The van der Waals surface area contributed by atoms with Crippen LogP contribution in [-0.2, 0) is 11.3 Å². The Morgan fingerprint density at radius 2 is 1.58 bits per heavy atom. The summed E-state index contributed by atoms with van der Waals surface area (Å²) >= 11 is 0. The summed E-state index contributed by atoms with van der Waals surface area (Å²) in [5.74, 6) is 0.375. The number of H-pyrrole nitrogens is 1. The molecule has 1 aromatic heterocycles. The standard InChI is InChI=1S/C29H35FN6O2/c1-2-24(22-8-4-3-5-9-22)28(38)35-16-18-36(19-17-35)29-31-23(20-27(37)32-29)21-33-12-14-34(15-13-33)26-11-7-6-10-25(26)30/h3-11,20,24H,2,12-19,21H2,1H3,(H,31,32,37). The first-order chi connectivity index (χ1) is 18.5. The molecule has 2 aliphatic heterocycles. The molecule has 9 heteroatoms. The number of aromatic amines is 1. The van der Waals surface area contributed by atoms with Crippen molar-refractivity contribution in [3.63, 3.8) is 0 Å². The summed E-state index contributed by atoms with van der Waals surface area (Å²) in [6.45, 7) is 7.99. The predicted octanol–water partition coefficient (Wildman–Crippen LogP) is 3.07. The van der Waals surface area contributed by atoms with Crippen LogP contribution in [0.3, 0.4) is 0 Å². The molecule has 2 fully saturated rings. The molecular weight excluding hydrogens is 483 g/mol. The van der Waals surface area contributed by atoms with Crippen molar-refractivity contribution in [2.75, 3.05) is 62.2 Å². The van der Waals surface area contributed by atoms with Gasteiger partial charge in [0.05, 0.1) is 17.3 Å². The Morgan fingerprint density at radius 3 is 2.26 bits per heavy atom. The predicted molar refractivity (Wildman–Crippen MR) is 147 cm³/mol. The topological polar surface area (TPSA) is 75.8 Å². The van der Waals surface area contributed by atoms with Gasteiger partial charge in [0.15, 0.2) is 0 Å². The summed E-state index contributed by atoms with van der Waals surface area (Å²) in [6.07, 6.45) is 0.758. The van der Waals surface area contributed by atoms with Crippen molar-refractivity contribution >= 4 is 17.5 Å². The lowest BCUT2D eigenvalue weighted by Crippen LogP contribution is -2.50. The number of carbonyl (C=O) groups excluding carboxylic acids is 1. The SMILES string of the molecule is CCC(C(=O)N1CCN(c2nc(CN3CCN(c4ccccc4F)CC3)cc(=O)[nH]2)CC1)c1ccccc1. The third-order valence-corrected chi connectivity index (χ3v) is 7.53. The van der Waals surface area contributed by atoms with Gasteiger partial charge in [0, 0.05) is 65.0 Å². The highest BCUT2D eigenvalue weighted by molar-refractivity contribution is 5.84. The van der Waals surface area contributed by atoms with E-state index in [0.717, 1.165) is 30.8 Å². The Morgan fingerprint density at radius 1 is 0.921 bits per heavy atom. The first kappa shape index (κ1) is 25.9. The van der Waals surface area contributed by atoms with Gasteiger partial charge in [0.25, 0.3) is 5.56 Å². The number of piperazine rings is 2. The van der Waals surface area contributed by atoms with Crippen LogP contribution in [0.5, 0.6) is 0 Å². The fourth-order valence-corrected chi connectivity index (χ4v) is 5.41. The van der Waals surface area contributed by atoms with E-state index in [-0.39, 0.29) is 23.2 Å². The van der Waals surface area contributed by atoms with Crippen LogP contribution in [0.4, 0.5) is 16.0 Å². The molecular formula is C29H35FN6O2. The van der Waals surface area contributed by atoms with Crippen molar-refractivity contribution in [1.29, 1.82) is 0 Å². The van der Waals surface area contributed by atoms with Crippen LogP contribution in [0, 0.1) is 5.82 Å². The molecule has 1 N–H and O–H groups in total. The molecule has 8 nitrogen and oxygen atoms in total. The number of hydrogen-bond acceptors (Lipinski definition) is 6. The average Bonchev–Trinajstić information content (AvgIpc) is 2.94. The molecule has 2 aliphatic rings. The molecule has 0 aliphatic carbocycles. The molecule has 2 saturated heterocycles. The molecule has 200 valence electrons. The number of amides is 1. The van der Waals surface area contributed by atoms with Crippen molar-refractivity contribution in [2.24, 2.45) is 0 Å². The van der Waals surface area contributed by atoms with Gasteiger partial charge in [-0.3, -0.25) is 19.5 Å². The summed E-state index contributed by atoms with van der Waals surface area (Å²) < 4.78 is 14.2. The Hall–Kier alpha value is -3.72. The second-order valence-electron chi connectivity index (χ2n) is 9.96. The Balaban J connectivity index is 1.17. The molecule has 3 aromatic rings. The molecule has 1 amide bonds. The van der Waals surface area contributed by atoms with Crippen molar-refractivity contribution in [3.8, 4) is 0 Å². The first-order valence-corrected chi connectivity index (χ1v) is 13.4. The number of hydrogen-bond donors (Lipinski definition) is 1. The largest absolute Gasteiger partial charge is 0.367 e. The van der Waals surface area contributed by atoms with Gasteiger partial charge >= 0.3 is 0 Å². The van der Waals surface area contributed by atoms with E-state index in [4.69, 9.17) is 4.98 Å². The number of nitrogens with zero attached hydrogens (tertiary/aromatic N) is 5. The van der Waals surface area contributed by atoms with Crippen LogP contribution in [0.15, 0.2) is 65.5 Å². The summed E-state index contributed by atoms with van der Waals surface area (Å²) in [5, 5.41) is 0. The van der Waals surface area contributed by atoms with E-state index in [0.29, 0.717) is 57.4 Å². The zero-order chi connectivity index (χ0) is 26.5. The molecule has 38 heavy (non-hydrogen) atoms. The highest BCUT2D eigenvalue weighted by Crippen LogP contribution is 2.24. The maximum Gasteiger partial charge on any atom is 0.252 e. The fourth-order valence-electron chi connectivity index (χ4n) is 5.41. The highest BCUT2D eigenvalue weighted by Gasteiger charge is 2.28. The van der Waals surface area contributed by atoms with E-state index in [2.05, 4.69) is 14.8 Å². The normalized spacial score (nSPS) is 17.5. The van der Waals surface area contributed by atoms with Gasteiger partial charge in [0.2, 0.25) is 11.9 Å². The Bertz CT molecular complexity index is 1280. The fraction of sp³-hybridized carbons (Fsp3) is 0.414. The Labute approximate surface area is 222 Å². The van der Waals surface area contributed by atoms with Crippen molar-refractivity contribution in [2.45, 2.75) is 25.8 Å². The molecule has 0 spiro atoms. The van der Waals surface area contributed by atoms with Crippen LogP contribution in [0.1, 0.15) is 30.5 Å². The van der Waals surface area contributed by atoms with Gasteiger partial charge in [-0.2, -0.15) is 0 Å². The van der Waals surface area contributed by atoms with Crippen LogP contribution >= 0.6 is 0 Å². The van der Waals surface area contributed by atoms with Crippen molar-refractivity contribution < 1.29 is 9.18 Å². The van der Waals surface area contributed by atoms with Crippen LogP contribution in [0.25, 0.3) is 0 Å². The second kappa shape index (κ2) is 11.8. The molecule has 0 saturated carbocycles. The van der Waals surface area contributed by atoms with Gasteiger partial charge < -0.3 is 14.7 Å². The number of benzene rings is 2. The number of para-hydroxylation sites is 1. The molecule has 1 unspecified atom stereocenters. The minimum atomic E-state index is -0.200. The van der Waals surface area contributed by atoms with Gasteiger partial charge in [-0.25, -0.2) is 9.37 Å². The zero-order valence-corrected chi connectivity index (χ0v) is 21.9. The van der Waals surface area contributed by atoms with Crippen LogP contribution < -0.4 is 15.4 Å². The van der Waals surface area contributed by atoms with Crippen molar-refractivity contribution in [3.05, 3.63) is 88.1 Å². The van der Waals surface area contributed by atoms with E-state index < -0.39 is 0 Å². The monoisotopic (exact) mass is 518 g/mol. The quantitative estimate of drug-likeness (QED) is 0.518. The number of halogens is 1. The van der Waals surface area contributed by atoms with Gasteiger partial charge in [-0.15, -0.1) is 0 Å². The van der Waals surface area contributed by atoms with Gasteiger partial charge in [-0.05, 0) is 24.1 Å². The number of aromatic nitrogens is 2. The summed E-state index contributed by atoms with van der Waals surface area (Å²) in [6, 6.07) is 18.4. The average molecular weight is 519 g/mol. The summed E-state index contributed by atoms with van der Waals surface area (Å²) in [5.41, 5.74) is 2.23. The molecule has 3 heterocycles. The van der Waals surface area contributed by atoms with E-state index in [1.807, 2.05) is 59.2 Å².